The first-order valence-electron chi connectivity index (χ1n) is 6.59. The molecule has 0 radical (unpaired) electrons. The van der Waals surface area contributed by atoms with E-state index in [1.54, 1.807) is 6.07 Å². The first-order valence-corrected chi connectivity index (χ1v) is 6.97. The zero-order valence-corrected chi connectivity index (χ0v) is 12.0. The summed E-state index contributed by atoms with van der Waals surface area (Å²) in [5.74, 6) is -0.0531. The van der Waals surface area contributed by atoms with Gasteiger partial charge in [-0.15, -0.1) is 0 Å². The first kappa shape index (κ1) is 15.0. The van der Waals surface area contributed by atoms with Crippen molar-refractivity contribution in [1.82, 2.24) is 15.0 Å². The third-order valence-corrected chi connectivity index (χ3v) is 3.83. The summed E-state index contributed by atoms with van der Waals surface area (Å²) >= 11 is 5.65. The highest BCUT2D eigenvalue weighted by atomic mass is 35.5. The molecule has 0 N–H and O–H groups in total. The Bertz CT molecular complexity index is 655. The van der Waals surface area contributed by atoms with Gasteiger partial charge in [-0.05, 0) is 25.3 Å². The second kappa shape index (κ2) is 5.39. The molecule has 116 valence electrons. The van der Waals surface area contributed by atoms with E-state index >= 15 is 0 Å². The molecule has 0 aliphatic heterocycles. The van der Waals surface area contributed by atoms with Crippen LogP contribution in [0, 0.1) is 0 Å². The fourth-order valence-electron chi connectivity index (χ4n) is 2.19. The minimum atomic E-state index is -4.40. The van der Waals surface area contributed by atoms with Crippen LogP contribution in [0.25, 0.3) is 11.3 Å². The molecule has 0 bridgehead atoms. The standard InChI is InChI=1S/C14H11ClF3N3O/c15-11-8-19-10(7-20-11)9-2-3-12(21-6-9)22-13(4-1-5-13)14(16,17)18/h2-3,6-8H,1,4-5H2. The summed E-state index contributed by atoms with van der Waals surface area (Å²) < 4.78 is 44.2. The van der Waals surface area contributed by atoms with Gasteiger partial charge < -0.3 is 4.74 Å². The van der Waals surface area contributed by atoms with E-state index in [2.05, 4.69) is 15.0 Å². The van der Waals surface area contributed by atoms with Crippen molar-refractivity contribution in [3.63, 3.8) is 0 Å². The van der Waals surface area contributed by atoms with Crippen molar-refractivity contribution < 1.29 is 17.9 Å². The van der Waals surface area contributed by atoms with E-state index in [0.717, 1.165) is 0 Å². The predicted octanol–water partition coefficient (Wildman–Crippen LogP) is 4.06. The van der Waals surface area contributed by atoms with Gasteiger partial charge in [-0.1, -0.05) is 11.6 Å². The van der Waals surface area contributed by atoms with E-state index in [-0.39, 0.29) is 23.9 Å². The maximum Gasteiger partial charge on any atom is 0.428 e. The van der Waals surface area contributed by atoms with E-state index in [1.165, 1.54) is 24.7 Å². The van der Waals surface area contributed by atoms with Gasteiger partial charge in [-0.25, -0.2) is 9.97 Å². The first-order chi connectivity index (χ1) is 10.4. The van der Waals surface area contributed by atoms with Gasteiger partial charge in [0.15, 0.2) is 0 Å². The third kappa shape index (κ3) is 2.72. The van der Waals surface area contributed by atoms with E-state index < -0.39 is 11.8 Å². The van der Waals surface area contributed by atoms with Crippen LogP contribution in [0.3, 0.4) is 0 Å². The summed E-state index contributed by atoms with van der Waals surface area (Å²) in [6.07, 6.45) is 0.268. The lowest BCUT2D eigenvalue weighted by Gasteiger charge is -2.42. The molecule has 8 heteroatoms. The normalized spacial score (nSPS) is 16.9. The maximum absolute atomic E-state index is 13.0. The summed E-state index contributed by atoms with van der Waals surface area (Å²) in [6.45, 7) is 0. The van der Waals surface area contributed by atoms with Crippen molar-refractivity contribution in [1.29, 1.82) is 0 Å². The molecule has 0 aromatic carbocycles. The van der Waals surface area contributed by atoms with Gasteiger partial charge in [-0.3, -0.25) is 4.98 Å². The van der Waals surface area contributed by atoms with Crippen molar-refractivity contribution in [3.8, 4) is 17.1 Å². The highest BCUT2D eigenvalue weighted by molar-refractivity contribution is 6.29. The maximum atomic E-state index is 13.0. The van der Waals surface area contributed by atoms with Crippen molar-refractivity contribution in [2.75, 3.05) is 0 Å². The number of aromatic nitrogens is 3. The minimum absolute atomic E-state index is 0.0391. The van der Waals surface area contributed by atoms with Crippen LogP contribution in [-0.4, -0.2) is 26.7 Å². The summed E-state index contributed by atoms with van der Waals surface area (Å²) in [6, 6.07) is 2.99. The Hall–Kier alpha value is -1.89. The van der Waals surface area contributed by atoms with E-state index in [0.29, 0.717) is 17.7 Å². The number of halogens is 4. The fraction of sp³-hybridized carbons (Fsp3) is 0.357. The molecule has 2 aromatic heterocycles. The Morgan fingerprint density at radius 2 is 1.82 bits per heavy atom. The molecular weight excluding hydrogens is 319 g/mol. The summed E-state index contributed by atoms with van der Waals surface area (Å²) in [4.78, 5) is 11.9. The molecule has 1 aliphatic carbocycles. The highest BCUT2D eigenvalue weighted by Crippen LogP contribution is 2.47. The average Bonchev–Trinajstić information content (AvgIpc) is 2.43. The van der Waals surface area contributed by atoms with Crippen molar-refractivity contribution in [2.24, 2.45) is 0 Å². The molecule has 4 nitrogen and oxygen atoms in total. The van der Waals surface area contributed by atoms with Crippen LogP contribution in [0.2, 0.25) is 5.15 Å². The SMILES string of the molecule is FC(F)(F)C1(Oc2ccc(-c3cnc(Cl)cn3)cn2)CCC1. The number of rotatable bonds is 3. The molecule has 2 aromatic rings. The quantitative estimate of drug-likeness (QED) is 0.852. The summed E-state index contributed by atoms with van der Waals surface area (Å²) in [5, 5.41) is 0.258. The fourth-order valence-corrected chi connectivity index (χ4v) is 2.29. The van der Waals surface area contributed by atoms with Crippen molar-refractivity contribution in [2.45, 2.75) is 31.0 Å². The van der Waals surface area contributed by atoms with Gasteiger partial charge in [0.05, 0.1) is 18.1 Å². The van der Waals surface area contributed by atoms with Crippen LogP contribution in [0.15, 0.2) is 30.7 Å². The monoisotopic (exact) mass is 329 g/mol. The lowest BCUT2D eigenvalue weighted by Crippen LogP contribution is -2.55. The average molecular weight is 330 g/mol. The lowest BCUT2D eigenvalue weighted by molar-refractivity contribution is -0.275. The Morgan fingerprint density at radius 1 is 1.05 bits per heavy atom. The topological polar surface area (TPSA) is 47.9 Å². The molecule has 3 rings (SSSR count). The van der Waals surface area contributed by atoms with Crippen LogP contribution in [0.1, 0.15) is 19.3 Å². The van der Waals surface area contributed by atoms with Gasteiger partial charge in [0.25, 0.3) is 0 Å². The van der Waals surface area contributed by atoms with E-state index in [9.17, 15) is 13.2 Å². The highest BCUT2D eigenvalue weighted by Gasteiger charge is 2.61. The molecule has 0 unspecified atom stereocenters. The number of nitrogens with zero attached hydrogens (tertiary/aromatic N) is 3. The van der Waals surface area contributed by atoms with Crippen LogP contribution in [0.5, 0.6) is 5.88 Å². The summed E-state index contributed by atoms with van der Waals surface area (Å²) in [7, 11) is 0. The molecule has 0 amide bonds. The Morgan fingerprint density at radius 3 is 2.27 bits per heavy atom. The largest absolute Gasteiger partial charge is 0.461 e. The number of pyridine rings is 1. The summed E-state index contributed by atoms with van der Waals surface area (Å²) in [5.41, 5.74) is -0.953. The lowest BCUT2D eigenvalue weighted by atomic mass is 9.79. The molecule has 0 saturated heterocycles. The molecule has 1 saturated carbocycles. The second-order valence-corrected chi connectivity index (χ2v) is 5.44. The minimum Gasteiger partial charge on any atom is -0.461 e. The smallest absolute Gasteiger partial charge is 0.428 e. The van der Waals surface area contributed by atoms with Crippen LogP contribution >= 0.6 is 11.6 Å². The molecule has 0 atom stereocenters. The molecular formula is C14H11ClF3N3O. The van der Waals surface area contributed by atoms with Gasteiger partial charge >= 0.3 is 6.18 Å². The van der Waals surface area contributed by atoms with Gasteiger partial charge in [0.1, 0.15) is 5.15 Å². The van der Waals surface area contributed by atoms with Crippen molar-refractivity contribution >= 4 is 11.6 Å². The molecule has 1 aliphatic rings. The van der Waals surface area contributed by atoms with Gasteiger partial charge in [0.2, 0.25) is 11.5 Å². The van der Waals surface area contributed by atoms with Crippen LogP contribution < -0.4 is 4.74 Å². The van der Waals surface area contributed by atoms with Crippen molar-refractivity contribution in [3.05, 3.63) is 35.9 Å². The zero-order chi connectivity index (χ0) is 15.8. The van der Waals surface area contributed by atoms with E-state index in [4.69, 9.17) is 16.3 Å². The molecule has 0 spiro atoms. The number of ether oxygens (including phenoxy) is 1. The Labute approximate surface area is 129 Å². The predicted molar refractivity (Wildman–Crippen MR) is 73.5 cm³/mol. The Balaban J connectivity index is 1.78. The number of hydrogen-bond donors (Lipinski definition) is 0. The molecule has 22 heavy (non-hydrogen) atoms. The van der Waals surface area contributed by atoms with Crippen LogP contribution in [-0.2, 0) is 0 Å². The van der Waals surface area contributed by atoms with Gasteiger partial charge in [-0.2, -0.15) is 13.2 Å². The van der Waals surface area contributed by atoms with Gasteiger partial charge in [0, 0.05) is 17.8 Å². The number of alkyl halides is 3. The zero-order valence-electron chi connectivity index (χ0n) is 11.3. The second-order valence-electron chi connectivity index (χ2n) is 5.06. The van der Waals surface area contributed by atoms with Crippen LogP contribution in [0.4, 0.5) is 13.2 Å². The molecule has 2 heterocycles. The van der Waals surface area contributed by atoms with E-state index in [1.807, 2.05) is 0 Å². The number of hydrogen-bond acceptors (Lipinski definition) is 4. The molecule has 1 fully saturated rings. The Kier molecular flexibility index (Phi) is 3.68. The third-order valence-electron chi connectivity index (χ3n) is 3.63.